The van der Waals surface area contributed by atoms with Crippen LogP contribution in [0, 0.1) is 5.92 Å². The molecule has 4 heteroatoms. The highest BCUT2D eigenvalue weighted by molar-refractivity contribution is 5.16. The molecule has 1 fully saturated rings. The van der Waals surface area contributed by atoms with E-state index >= 15 is 0 Å². The maximum absolute atomic E-state index is 5.69. The maximum Gasteiger partial charge on any atom is 0.122 e. The van der Waals surface area contributed by atoms with Crippen LogP contribution in [0.3, 0.4) is 0 Å². The Labute approximate surface area is 122 Å². The van der Waals surface area contributed by atoms with Gasteiger partial charge in [-0.2, -0.15) is 0 Å². The van der Waals surface area contributed by atoms with Crippen molar-refractivity contribution in [3.8, 4) is 0 Å². The highest BCUT2D eigenvalue weighted by Gasteiger charge is 2.18. The van der Waals surface area contributed by atoms with Crippen molar-refractivity contribution in [3.63, 3.8) is 0 Å². The van der Waals surface area contributed by atoms with Crippen molar-refractivity contribution >= 4 is 0 Å². The molecule has 0 aromatic carbocycles. The van der Waals surface area contributed by atoms with Gasteiger partial charge in [-0.3, -0.25) is 4.90 Å². The molecule has 0 bridgehead atoms. The minimum absolute atomic E-state index is 0.411. The van der Waals surface area contributed by atoms with Crippen LogP contribution >= 0.6 is 0 Å². The topological polar surface area (TPSA) is 37.6 Å². The second-order valence-electron chi connectivity index (χ2n) is 6.23. The van der Waals surface area contributed by atoms with E-state index in [1.807, 2.05) is 0 Å². The van der Waals surface area contributed by atoms with E-state index in [4.69, 9.17) is 9.15 Å². The molecule has 0 amide bonds. The molecule has 1 aromatic heterocycles. The third-order valence-electron chi connectivity index (χ3n) is 3.66. The first-order chi connectivity index (χ1) is 9.65. The fourth-order valence-electron chi connectivity index (χ4n) is 2.63. The Morgan fingerprint density at radius 2 is 2.30 bits per heavy atom. The van der Waals surface area contributed by atoms with Gasteiger partial charge in [0.2, 0.25) is 0 Å². The molecule has 2 heterocycles. The molecule has 0 radical (unpaired) electrons. The lowest BCUT2D eigenvalue weighted by molar-refractivity contribution is 0.0791. The number of hydrogen-bond acceptors (Lipinski definition) is 4. The van der Waals surface area contributed by atoms with Gasteiger partial charge in [0.05, 0.1) is 18.9 Å². The van der Waals surface area contributed by atoms with Crippen molar-refractivity contribution in [2.75, 3.05) is 26.7 Å². The van der Waals surface area contributed by atoms with Crippen LogP contribution in [-0.2, 0) is 17.8 Å². The molecule has 1 saturated heterocycles. The molecule has 1 aromatic rings. The molecule has 20 heavy (non-hydrogen) atoms. The molecular formula is C16H28N2O2. The predicted octanol–water partition coefficient (Wildman–Crippen LogP) is 2.64. The third-order valence-corrected chi connectivity index (χ3v) is 3.66. The summed E-state index contributed by atoms with van der Waals surface area (Å²) in [7, 11) is 2.15. The molecule has 1 unspecified atom stereocenters. The van der Waals surface area contributed by atoms with Gasteiger partial charge in [0, 0.05) is 25.3 Å². The first-order valence-corrected chi connectivity index (χ1v) is 7.71. The molecule has 2 rings (SSSR count). The van der Waals surface area contributed by atoms with Crippen LogP contribution in [0.4, 0.5) is 0 Å². The molecule has 114 valence electrons. The largest absolute Gasteiger partial charge is 0.468 e. The Balaban J connectivity index is 1.78. The molecular weight excluding hydrogens is 252 g/mol. The number of rotatable bonds is 8. The summed E-state index contributed by atoms with van der Waals surface area (Å²) in [5.41, 5.74) is 1.28. The number of ether oxygens (including phenoxy) is 1. The summed E-state index contributed by atoms with van der Waals surface area (Å²) in [5, 5.41) is 3.44. The van der Waals surface area contributed by atoms with Crippen molar-refractivity contribution in [2.45, 2.75) is 45.9 Å². The van der Waals surface area contributed by atoms with E-state index in [-0.39, 0.29) is 0 Å². The first-order valence-electron chi connectivity index (χ1n) is 7.71. The normalized spacial score (nSPS) is 19.4. The molecule has 0 spiro atoms. The summed E-state index contributed by atoms with van der Waals surface area (Å²) in [6.07, 6.45) is 4.60. The second-order valence-corrected chi connectivity index (χ2v) is 6.23. The van der Waals surface area contributed by atoms with Gasteiger partial charge >= 0.3 is 0 Å². The number of likely N-dealkylation sites (N-methyl/N-ethyl adjacent to an activating group) is 1. The zero-order valence-electron chi connectivity index (χ0n) is 13.0. The SMILES string of the molecule is CC(C)CNCc1occc1CN(C)CC1CCCO1. The lowest BCUT2D eigenvalue weighted by Crippen LogP contribution is -2.28. The smallest absolute Gasteiger partial charge is 0.122 e. The summed E-state index contributed by atoms with van der Waals surface area (Å²) in [5.74, 6) is 1.72. The van der Waals surface area contributed by atoms with Crippen LogP contribution in [-0.4, -0.2) is 37.7 Å². The molecule has 1 N–H and O–H groups in total. The van der Waals surface area contributed by atoms with E-state index in [9.17, 15) is 0 Å². The minimum Gasteiger partial charge on any atom is -0.468 e. The Morgan fingerprint density at radius 1 is 1.45 bits per heavy atom. The van der Waals surface area contributed by atoms with E-state index in [1.54, 1.807) is 6.26 Å². The zero-order chi connectivity index (χ0) is 14.4. The molecule has 0 saturated carbocycles. The summed E-state index contributed by atoms with van der Waals surface area (Å²) in [6.45, 7) is 9.12. The van der Waals surface area contributed by atoms with Gasteiger partial charge < -0.3 is 14.5 Å². The van der Waals surface area contributed by atoms with Gasteiger partial charge in [-0.05, 0) is 38.4 Å². The summed E-state index contributed by atoms with van der Waals surface area (Å²) in [6, 6.07) is 2.08. The van der Waals surface area contributed by atoms with E-state index in [0.717, 1.165) is 38.5 Å². The molecule has 0 aliphatic carbocycles. The van der Waals surface area contributed by atoms with Crippen LogP contribution in [0.25, 0.3) is 0 Å². The third kappa shape index (κ3) is 4.93. The van der Waals surface area contributed by atoms with Crippen LogP contribution in [0.5, 0.6) is 0 Å². The van der Waals surface area contributed by atoms with Gasteiger partial charge in [0.1, 0.15) is 5.76 Å². The Hall–Kier alpha value is -0.840. The lowest BCUT2D eigenvalue weighted by Gasteiger charge is -2.20. The average Bonchev–Trinajstić information content (AvgIpc) is 3.01. The maximum atomic E-state index is 5.69. The van der Waals surface area contributed by atoms with E-state index in [1.165, 1.54) is 18.4 Å². The predicted molar refractivity (Wildman–Crippen MR) is 80.6 cm³/mol. The summed E-state index contributed by atoms with van der Waals surface area (Å²) < 4.78 is 11.3. The van der Waals surface area contributed by atoms with Gasteiger partial charge in [0.15, 0.2) is 0 Å². The van der Waals surface area contributed by atoms with Crippen molar-refractivity contribution in [2.24, 2.45) is 5.92 Å². The van der Waals surface area contributed by atoms with E-state index in [2.05, 4.69) is 37.2 Å². The van der Waals surface area contributed by atoms with Gasteiger partial charge in [0.25, 0.3) is 0 Å². The quantitative estimate of drug-likeness (QED) is 0.794. The Kier molecular flexibility index (Phi) is 6.07. The fourth-order valence-corrected chi connectivity index (χ4v) is 2.63. The minimum atomic E-state index is 0.411. The zero-order valence-corrected chi connectivity index (χ0v) is 13.0. The number of hydrogen-bond donors (Lipinski definition) is 1. The van der Waals surface area contributed by atoms with Gasteiger partial charge in [-0.15, -0.1) is 0 Å². The number of nitrogens with one attached hydrogen (secondary N) is 1. The highest BCUT2D eigenvalue weighted by Crippen LogP contribution is 2.16. The number of furan rings is 1. The van der Waals surface area contributed by atoms with Crippen molar-refractivity contribution in [1.29, 1.82) is 0 Å². The molecule has 1 aliphatic rings. The van der Waals surface area contributed by atoms with Crippen molar-refractivity contribution in [1.82, 2.24) is 10.2 Å². The highest BCUT2D eigenvalue weighted by atomic mass is 16.5. The summed E-state index contributed by atoms with van der Waals surface area (Å²) >= 11 is 0. The molecule has 1 atom stereocenters. The van der Waals surface area contributed by atoms with E-state index in [0.29, 0.717) is 12.0 Å². The second kappa shape index (κ2) is 7.81. The van der Waals surface area contributed by atoms with E-state index < -0.39 is 0 Å². The molecule has 4 nitrogen and oxygen atoms in total. The standard InChI is InChI=1S/C16H28N2O2/c1-13(2)9-17-10-16-14(6-8-20-16)11-18(3)12-15-5-4-7-19-15/h6,8,13,15,17H,4-5,7,9-12H2,1-3H3. The van der Waals surface area contributed by atoms with Crippen molar-refractivity contribution in [3.05, 3.63) is 23.7 Å². The Bertz CT molecular complexity index is 384. The van der Waals surface area contributed by atoms with Crippen LogP contribution in [0.2, 0.25) is 0 Å². The van der Waals surface area contributed by atoms with Crippen LogP contribution in [0.15, 0.2) is 16.7 Å². The Morgan fingerprint density at radius 3 is 3.00 bits per heavy atom. The number of nitrogens with zero attached hydrogens (tertiary/aromatic N) is 1. The van der Waals surface area contributed by atoms with Crippen LogP contribution < -0.4 is 5.32 Å². The van der Waals surface area contributed by atoms with Crippen LogP contribution in [0.1, 0.15) is 38.0 Å². The summed E-state index contributed by atoms with van der Waals surface area (Å²) in [4.78, 5) is 2.33. The average molecular weight is 280 g/mol. The first kappa shape index (κ1) is 15.5. The lowest BCUT2D eigenvalue weighted by atomic mass is 10.2. The molecule has 1 aliphatic heterocycles. The monoisotopic (exact) mass is 280 g/mol. The van der Waals surface area contributed by atoms with Gasteiger partial charge in [-0.25, -0.2) is 0 Å². The fraction of sp³-hybridized carbons (Fsp3) is 0.750. The van der Waals surface area contributed by atoms with Crippen molar-refractivity contribution < 1.29 is 9.15 Å². The van der Waals surface area contributed by atoms with Gasteiger partial charge in [-0.1, -0.05) is 13.8 Å².